The number of hydrazine groups is 1. The lowest BCUT2D eigenvalue weighted by Crippen LogP contribution is -2.46. The Kier molecular flexibility index (Phi) is 5.81. The van der Waals surface area contributed by atoms with Crippen molar-refractivity contribution in [1.82, 2.24) is 15.0 Å². The molecule has 2 amide bonds. The van der Waals surface area contributed by atoms with Crippen molar-refractivity contribution in [3.8, 4) is 11.5 Å². The van der Waals surface area contributed by atoms with Crippen molar-refractivity contribution in [3.63, 3.8) is 0 Å². The van der Waals surface area contributed by atoms with Crippen LogP contribution >= 0.6 is 35.3 Å². The second-order valence-electron chi connectivity index (χ2n) is 6.41. The van der Waals surface area contributed by atoms with Crippen LogP contribution < -0.4 is 15.0 Å². The number of ether oxygens (including phenoxy) is 1. The summed E-state index contributed by atoms with van der Waals surface area (Å²) >= 11 is 7.32. The number of hydrogen-bond donors (Lipinski definition) is 2. The Bertz CT molecular complexity index is 1310. The number of fused-ring (bicyclic) bond motifs is 1. The summed E-state index contributed by atoms with van der Waals surface area (Å²) in [4.78, 5) is 37.6. The number of benzene rings is 2. The third kappa shape index (κ3) is 4.20. The standard InChI is InChI=1S/C20H15N3O5S3/c1-28-14-8-11(6-7-13(14)24)9-16-18(26)23(20(29)31-16)21-17(25)10-22-12-4-2-3-5-15(12)30-19(22)27/h2-9,24H,10H2,1H3,(H,21,25)/b16-9-. The van der Waals surface area contributed by atoms with Gasteiger partial charge in [-0.3, -0.25) is 24.4 Å². The second kappa shape index (κ2) is 8.53. The normalized spacial score (nSPS) is 15.1. The van der Waals surface area contributed by atoms with Gasteiger partial charge in [0.2, 0.25) is 0 Å². The number of hydrogen-bond acceptors (Lipinski definition) is 8. The number of thioether (sulfide) groups is 1. The highest BCUT2D eigenvalue weighted by Gasteiger charge is 2.33. The number of carbonyl (C=O) groups is 2. The fourth-order valence-corrected chi connectivity index (χ4v) is 5.04. The largest absolute Gasteiger partial charge is 0.504 e. The summed E-state index contributed by atoms with van der Waals surface area (Å²) in [5.41, 5.74) is 3.75. The summed E-state index contributed by atoms with van der Waals surface area (Å²) in [6, 6.07) is 11.8. The van der Waals surface area contributed by atoms with E-state index in [0.717, 1.165) is 32.8 Å². The number of phenols is 1. The molecule has 0 aliphatic carbocycles. The molecule has 1 fully saturated rings. The Morgan fingerprint density at radius 2 is 2.03 bits per heavy atom. The zero-order chi connectivity index (χ0) is 22.1. The van der Waals surface area contributed by atoms with E-state index in [0.29, 0.717) is 16.0 Å². The number of phenolic OH excluding ortho intramolecular Hbond substituents is 1. The van der Waals surface area contributed by atoms with Crippen molar-refractivity contribution in [2.75, 3.05) is 7.11 Å². The Hall–Kier alpha value is -3.15. The van der Waals surface area contributed by atoms with E-state index in [1.807, 2.05) is 6.07 Å². The van der Waals surface area contributed by atoms with Crippen LogP contribution in [0.3, 0.4) is 0 Å². The number of amides is 2. The fraction of sp³-hybridized carbons (Fsp3) is 0.100. The molecular weight excluding hydrogens is 458 g/mol. The molecular formula is C20H15N3O5S3. The molecule has 0 bridgehead atoms. The smallest absolute Gasteiger partial charge is 0.308 e. The molecule has 0 saturated carbocycles. The zero-order valence-electron chi connectivity index (χ0n) is 16.0. The zero-order valence-corrected chi connectivity index (χ0v) is 18.5. The number of carbonyl (C=O) groups excluding carboxylic acids is 2. The third-order valence-electron chi connectivity index (χ3n) is 4.41. The molecule has 1 aliphatic rings. The second-order valence-corrected chi connectivity index (χ2v) is 9.07. The lowest BCUT2D eigenvalue weighted by Gasteiger charge is -2.15. The lowest BCUT2D eigenvalue weighted by atomic mass is 10.2. The molecule has 0 atom stereocenters. The quantitative estimate of drug-likeness (QED) is 0.434. The molecule has 2 N–H and O–H groups in total. The highest BCUT2D eigenvalue weighted by molar-refractivity contribution is 8.26. The van der Waals surface area contributed by atoms with E-state index in [9.17, 15) is 19.5 Å². The van der Waals surface area contributed by atoms with Crippen LogP contribution in [0.2, 0.25) is 0 Å². The third-order valence-corrected chi connectivity index (χ3v) is 6.67. The SMILES string of the molecule is COc1cc(/C=C2\SC(=S)N(NC(=O)Cn3c(=O)sc4ccccc43)C2=O)ccc1O. The van der Waals surface area contributed by atoms with Crippen molar-refractivity contribution >= 4 is 67.7 Å². The first-order valence-electron chi connectivity index (χ1n) is 8.90. The minimum Gasteiger partial charge on any atom is -0.504 e. The van der Waals surface area contributed by atoms with Gasteiger partial charge in [-0.25, -0.2) is 0 Å². The van der Waals surface area contributed by atoms with E-state index in [4.69, 9.17) is 17.0 Å². The fourth-order valence-electron chi connectivity index (χ4n) is 2.97. The maximum Gasteiger partial charge on any atom is 0.308 e. The first-order valence-corrected chi connectivity index (χ1v) is 10.9. The van der Waals surface area contributed by atoms with Gasteiger partial charge < -0.3 is 9.84 Å². The van der Waals surface area contributed by atoms with Gasteiger partial charge in [0.05, 0.1) is 22.2 Å². The van der Waals surface area contributed by atoms with Crippen LogP contribution in [0.15, 0.2) is 52.2 Å². The summed E-state index contributed by atoms with van der Waals surface area (Å²) in [7, 11) is 1.43. The van der Waals surface area contributed by atoms with Gasteiger partial charge in [-0.1, -0.05) is 41.3 Å². The van der Waals surface area contributed by atoms with E-state index in [-0.39, 0.29) is 27.2 Å². The molecule has 8 nitrogen and oxygen atoms in total. The van der Waals surface area contributed by atoms with E-state index in [2.05, 4.69) is 5.43 Å². The average Bonchev–Trinajstić information content (AvgIpc) is 3.20. The van der Waals surface area contributed by atoms with Crippen LogP contribution in [0.25, 0.3) is 16.3 Å². The van der Waals surface area contributed by atoms with Crippen LogP contribution in [-0.2, 0) is 16.1 Å². The minimum atomic E-state index is -0.547. The van der Waals surface area contributed by atoms with Crippen molar-refractivity contribution in [1.29, 1.82) is 0 Å². The summed E-state index contributed by atoms with van der Waals surface area (Å²) < 4.78 is 7.36. The number of aromatic hydroxyl groups is 1. The molecule has 0 unspecified atom stereocenters. The van der Waals surface area contributed by atoms with Crippen LogP contribution in [0.5, 0.6) is 11.5 Å². The van der Waals surface area contributed by atoms with E-state index >= 15 is 0 Å². The molecule has 1 aromatic heterocycles. The van der Waals surface area contributed by atoms with Gasteiger partial charge >= 0.3 is 4.87 Å². The monoisotopic (exact) mass is 473 g/mol. The van der Waals surface area contributed by atoms with Gasteiger partial charge in [-0.05, 0) is 48.1 Å². The van der Waals surface area contributed by atoms with Crippen molar-refractivity contribution in [2.24, 2.45) is 0 Å². The van der Waals surface area contributed by atoms with Crippen LogP contribution in [-0.4, -0.2) is 37.9 Å². The highest BCUT2D eigenvalue weighted by Crippen LogP contribution is 2.33. The minimum absolute atomic E-state index is 0.0179. The lowest BCUT2D eigenvalue weighted by molar-refractivity contribution is -0.133. The molecule has 3 aromatic rings. The van der Waals surface area contributed by atoms with Gasteiger partial charge in [0.25, 0.3) is 11.8 Å². The Balaban J connectivity index is 1.51. The molecule has 1 saturated heterocycles. The summed E-state index contributed by atoms with van der Waals surface area (Å²) in [5.74, 6) is -0.783. The van der Waals surface area contributed by atoms with Gasteiger partial charge in [0.1, 0.15) is 6.54 Å². The first kappa shape index (κ1) is 21.1. The van der Waals surface area contributed by atoms with Gasteiger partial charge in [0.15, 0.2) is 15.8 Å². The van der Waals surface area contributed by atoms with Crippen LogP contribution in [0.1, 0.15) is 5.56 Å². The molecule has 31 heavy (non-hydrogen) atoms. The molecule has 11 heteroatoms. The van der Waals surface area contributed by atoms with Crippen LogP contribution in [0.4, 0.5) is 0 Å². The molecule has 2 aromatic carbocycles. The highest BCUT2D eigenvalue weighted by atomic mass is 32.2. The van der Waals surface area contributed by atoms with E-state index in [1.54, 1.807) is 36.4 Å². The molecule has 1 aliphatic heterocycles. The molecule has 0 radical (unpaired) electrons. The summed E-state index contributed by atoms with van der Waals surface area (Å²) in [6.45, 7) is -0.242. The number of nitrogens with one attached hydrogen (secondary N) is 1. The van der Waals surface area contributed by atoms with Gasteiger partial charge in [-0.15, -0.1) is 0 Å². The van der Waals surface area contributed by atoms with E-state index in [1.165, 1.54) is 17.7 Å². The first-order chi connectivity index (χ1) is 14.9. The summed E-state index contributed by atoms with van der Waals surface area (Å²) in [6.07, 6.45) is 1.59. The Morgan fingerprint density at radius 3 is 2.81 bits per heavy atom. The number of thiocarbonyl (C=S) groups is 1. The molecule has 0 spiro atoms. The maximum atomic E-state index is 12.7. The number of nitrogens with zero attached hydrogens (tertiary/aromatic N) is 2. The maximum absolute atomic E-state index is 12.7. The van der Waals surface area contributed by atoms with Crippen molar-refractivity contribution in [3.05, 3.63) is 62.6 Å². The predicted molar refractivity (Wildman–Crippen MR) is 124 cm³/mol. The number of rotatable bonds is 5. The molecule has 4 rings (SSSR count). The summed E-state index contributed by atoms with van der Waals surface area (Å²) in [5, 5.41) is 10.7. The number of aromatic nitrogens is 1. The molecule has 158 valence electrons. The van der Waals surface area contributed by atoms with Crippen LogP contribution in [0, 0.1) is 0 Å². The number of thiazole rings is 1. The Morgan fingerprint density at radius 1 is 1.26 bits per heavy atom. The predicted octanol–water partition coefficient (Wildman–Crippen LogP) is 2.71. The number of para-hydroxylation sites is 1. The van der Waals surface area contributed by atoms with Gasteiger partial charge in [0, 0.05) is 0 Å². The Labute approximate surface area is 189 Å². The van der Waals surface area contributed by atoms with Crippen molar-refractivity contribution in [2.45, 2.75) is 6.54 Å². The van der Waals surface area contributed by atoms with Crippen molar-refractivity contribution < 1.29 is 19.4 Å². The van der Waals surface area contributed by atoms with Gasteiger partial charge in [-0.2, -0.15) is 5.01 Å². The average molecular weight is 474 g/mol. The van der Waals surface area contributed by atoms with E-state index < -0.39 is 11.8 Å². The number of methoxy groups -OCH3 is 1. The molecule has 2 heterocycles. The topological polar surface area (TPSA) is 101 Å².